The van der Waals surface area contributed by atoms with Gasteiger partial charge in [-0.1, -0.05) is 23.7 Å². The number of rotatable bonds is 1. The monoisotopic (exact) mass is 221 g/mol. The second-order valence-electron chi connectivity index (χ2n) is 3.22. The van der Waals surface area contributed by atoms with Crippen molar-refractivity contribution in [2.24, 2.45) is 0 Å². The highest BCUT2D eigenvalue weighted by atomic mass is 35.5. The highest BCUT2D eigenvalue weighted by Gasteiger charge is 2.11. The van der Waals surface area contributed by atoms with E-state index in [9.17, 15) is 9.90 Å². The fourth-order valence-electron chi connectivity index (χ4n) is 1.41. The van der Waals surface area contributed by atoms with Gasteiger partial charge >= 0.3 is 0 Å². The molecule has 0 aliphatic heterocycles. The summed E-state index contributed by atoms with van der Waals surface area (Å²) in [4.78, 5) is 15.2. The molecule has 0 atom stereocenters. The summed E-state index contributed by atoms with van der Waals surface area (Å²) >= 11 is 5.93. The minimum atomic E-state index is -0.283. The first-order valence-electron chi connectivity index (χ1n) is 4.39. The lowest BCUT2D eigenvalue weighted by Gasteiger charge is -2.04. The van der Waals surface area contributed by atoms with Crippen LogP contribution in [0.4, 0.5) is 0 Å². The van der Waals surface area contributed by atoms with E-state index < -0.39 is 0 Å². The van der Waals surface area contributed by atoms with Gasteiger partial charge in [-0.2, -0.15) is 0 Å². The smallest absolute Gasteiger partial charge is 0.181 e. The Morgan fingerprint density at radius 1 is 1.47 bits per heavy atom. The average Bonchev–Trinajstić information content (AvgIpc) is 2.16. The number of hydrogen-bond donors (Lipinski definition) is 1. The van der Waals surface area contributed by atoms with Crippen molar-refractivity contribution < 1.29 is 9.90 Å². The maximum atomic E-state index is 11.2. The zero-order valence-corrected chi connectivity index (χ0v) is 8.75. The first-order chi connectivity index (χ1) is 7.09. The molecule has 1 aromatic carbocycles. The Hall–Kier alpha value is -1.61. The van der Waals surface area contributed by atoms with E-state index in [1.807, 2.05) is 0 Å². The van der Waals surface area contributed by atoms with E-state index in [2.05, 4.69) is 4.98 Å². The van der Waals surface area contributed by atoms with Crippen LogP contribution in [0.5, 0.6) is 5.75 Å². The van der Waals surface area contributed by atoms with Crippen molar-refractivity contribution in [3.63, 3.8) is 0 Å². The third-order valence-corrected chi connectivity index (χ3v) is 2.41. The van der Waals surface area contributed by atoms with Gasteiger partial charge in [-0.05, 0) is 12.1 Å². The number of fused-ring (bicyclic) bond motifs is 1. The van der Waals surface area contributed by atoms with Crippen molar-refractivity contribution in [1.29, 1.82) is 0 Å². The van der Waals surface area contributed by atoms with E-state index in [0.717, 1.165) is 0 Å². The second kappa shape index (κ2) is 3.51. The van der Waals surface area contributed by atoms with Gasteiger partial charge in [0, 0.05) is 12.3 Å². The average molecular weight is 222 g/mol. The molecule has 0 saturated heterocycles. The van der Waals surface area contributed by atoms with Crippen LogP contribution in [0.25, 0.3) is 10.9 Å². The molecular weight excluding hydrogens is 214 g/mol. The molecular formula is C11H8ClNO2. The van der Waals surface area contributed by atoms with E-state index in [0.29, 0.717) is 15.9 Å². The standard InChI is InChI=1S/C11H8ClNO2/c1-6(14)10-9(15)5-7-3-2-4-8(12)11(7)13-10/h2-5,15H,1H3. The van der Waals surface area contributed by atoms with Gasteiger partial charge in [0.15, 0.2) is 5.78 Å². The van der Waals surface area contributed by atoms with Crippen molar-refractivity contribution in [3.05, 3.63) is 35.0 Å². The maximum absolute atomic E-state index is 11.2. The SMILES string of the molecule is CC(=O)c1nc2c(Cl)cccc2cc1O. The Kier molecular flexibility index (Phi) is 2.32. The van der Waals surface area contributed by atoms with E-state index in [1.165, 1.54) is 13.0 Å². The van der Waals surface area contributed by atoms with Crippen LogP contribution in [0, 0.1) is 0 Å². The molecule has 0 bridgehead atoms. The van der Waals surface area contributed by atoms with Crippen LogP contribution in [0.15, 0.2) is 24.3 Å². The molecule has 1 N–H and O–H groups in total. The highest BCUT2D eigenvalue weighted by Crippen LogP contribution is 2.26. The molecule has 0 fully saturated rings. The summed E-state index contributed by atoms with van der Waals surface area (Å²) in [5, 5.41) is 10.7. The molecule has 0 aliphatic rings. The van der Waals surface area contributed by atoms with Gasteiger partial charge in [0.1, 0.15) is 11.4 Å². The molecule has 2 rings (SSSR count). The Morgan fingerprint density at radius 3 is 2.87 bits per heavy atom. The predicted molar refractivity (Wildman–Crippen MR) is 58.4 cm³/mol. The molecule has 0 aliphatic carbocycles. The molecule has 2 aromatic rings. The lowest BCUT2D eigenvalue weighted by atomic mass is 10.1. The van der Waals surface area contributed by atoms with Crippen molar-refractivity contribution in [2.45, 2.75) is 6.92 Å². The Balaban J connectivity index is 2.83. The summed E-state index contributed by atoms with van der Waals surface area (Å²) in [7, 11) is 0. The molecule has 0 unspecified atom stereocenters. The fraction of sp³-hybridized carbons (Fsp3) is 0.0909. The molecule has 76 valence electrons. The van der Waals surface area contributed by atoms with Gasteiger partial charge in [-0.25, -0.2) is 4.98 Å². The Morgan fingerprint density at radius 2 is 2.20 bits per heavy atom. The summed E-state index contributed by atoms with van der Waals surface area (Å²) in [5.74, 6) is -0.397. The van der Waals surface area contributed by atoms with E-state index >= 15 is 0 Å². The lowest BCUT2D eigenvalue weighted by Crippen LogP contribution is -1.97. The quantitative estimate of drug-likeness (QED) is 0.754. The van der Waals surface area contributed by atoms with Crippen LogP contribution in [0.2, 0.25) is 5.02 Å². The van der Waals surface area contributed by atoms with Crippen molar-refractivity contribution in [3.8, 4) is 5.75 Å². The molecule has 1 aromatic heterocycles. The first-order valence-corrected chi connectivity index (χ1v) is 4.76. The van der Waals surface area contributed by atoms with Crippen LogP contribution < -0.4 is 0 Å². The number of aromatic nitrogens is 1. The zero-order valence-electron chi connectivity index (χ0n) is 7.99. The molecule has 3 nitrogen and oxygen atoms in total. The number of benzene rings is 1. The highest BCUT2D eigenvalue weighted by molar-refractivity contribution is 6.35. The number of Topliss-reactive ketones (excluding diaryl/α,β-unsaturated/α-hetero) is 1. The second-order valence-corrected chi connectivity index (χ2v) is 3.63. The number of aromatic hydroxyl groups is 1. The van der Waals surface area contributed by atoms with E-state index in [1.54, 1.807) is 18.2 Å². The number of hydrogen-bond acceptors (Lipinski definition) is 3. The Labute approximate surface area is 91.3 Å². The van der Waals surface area contributed by atoms with Crippen molar-refractivity contribution in [1.82, 2.24) is 4.98 Å². The topological polar surface area (TPSA) is 50.2 Å². The minimum absolute atomic E-state index is 0.0515. The van der Waals surface area contributed by atoms with E-state index in [4.69, 9.17) is 11.6 Å². The van der Waals surface area contributed by atoms with Crippen LogP contribution in [-0.2, 0) is 0 Å². The minimum Gasteiger partial charge on any atom is -0.506 e. The number of carbonyl (C=O) groups is 1. The summed E-state index contributed by atoms with van der Waals surface area (Å²) in [5.41, 5.74) is 0.581. The van der Waals surface area contributed by atoms with Crippen molar-refractivity contribution >= 4 is 28.3 Å². The molecule has 15 heavy (non-hydrogen) atoms. The summed E-state index contributed by atoms with van der Waals surface area (Å²) in [6.07, 6.45) is 0. The van der Waals surface area contributed by atoms with Gasteiger partial charge in [0.25, 0.3) is 0 Å². The molecule has 4 heteroatoms. The summed E-state index contributed by atoms with van der Waals surface area (Å²) in [6.45, 7) is 1.35. The van der Waals surface area contributed by atoms with Crippen molar-refractivity contribution in [2.75, 3.05) is 0 Å². The van der Waals surface area contributed by atoms with Gasteiger partial charge in [0.05, 0.1) is 10.5 Å². The predicted octanol–water partition coefficient (Wildman–Crippen LogP) is 2.80. The number of carbonyl (C=O) groups excluding carboxylic acids is 1. The van der Waals surface area contributed by atoms with Crippen LogP contribution >= 0.6 is 11.6 Å². The molecule has 1 heterocycles. The lowest BCUT2D eigenvalue weighted by molar-refractivity contribution is 0.101. The number of pyridine rings is 1. The number of para-hydroxylation sites is 1. The summed E-state index contributed by atoms with van der Waals surface area (Å²) < 4.78 is 0. The number of nitrogens with zero attached hydrogens (tertiary/aromatic N) is 1. The summed E-state index contributed by atoms with van der Waals surface area (Å²) in [6, 6.07) is 6.72. The number of ketones is 1. The largest absolute Gasteiger partial charge is 0.506 e. The molecule has 0 radical (unpaired) electrons. The first kappa shape index (κ1) is 9.93. The third kappa shape index (κ3) is 1.66. The third-order valence-electron chi connectivity index (χ3n) is 2.11. The molecule has 0 amide bonds. The molecule has 0 saturated carbocycles. The van der Waals surface area contributed by atoms with Crippen LogP contribution in [0.3, 0.4) is 0 Å². The van der Waals surface area contributed by atoms with Gasteiger partial charge in [-0.3, -0.25) is 4.79 Å². The number of halogens is 1. The molecule has 0 spiro atoms. The maximum Gasteiger partial charge on any atom is 0.181 e. The van der Waals surface area contributed by atoms with Gasteiger partial charge in [0.2, 0.25) is 0 Å². The van der Waals surface area contributed by atoms with Crippen LogP contribution in [0.1, 0.15) is 17.4 Å². The zero-order chi connectivity index (χ0) is 11.0. The van der Waals surface area contributed by atoms with Gasteiger partial charge in [-0.15, -0.1) is 0 Å². The van der Waals surface area contributed by atoms with Crippen LogP contribution in [-0.4, -0.2) is 15.9 Å². The Bertz CT molecular complexity index is 552. The van der Waals surface area contributed by atoms with Gasteiger partial charge < -0.3 is 5.11 Å². The van der Waals surface area contributed by atoms with E-state index in [-0.39, 0.29) is 17.2 Å². The normalized spacial score (nSPS) is 10.5. The fourth-order valence-corrected chi connectivity index (χ4v) is 1.63.